The number of fused-ring (bicyclic) bond motifs is 1. The molecule has 0 unspecified atom stereocenters. The summed E-state index contributed by atoms with van der Waals surface area (Å²) in [6, 6.07) is 6.45. The number of carbonyl (C=O) groups excluding carboxylic acids is 2. The van der Waals surface area contributed by atoms with Gasteiger partial charge in [0, 0.05) is 38.1 Å². The smallest absolute Gasteiger partial charge is 0.227 e. The van der Waals surface area contributed by atoms with Crippen molar-refractivity contribution < 1.29 is 9.59 Å². The highest BCUT2D eigenvalue weighted by molar-refractivity contribution is 5.83. The summed E-state index contributed by atoms with van der Waals surface area (Å²) in [6.45, 7) is 6.87. The zero-order valence-electron chi connectivity index (χ0n) is 15.5. The Morgan fingerprint density at radius 2 is 1.81 bits per heavy atom. The molecule has 2 heterocycles. The molecule has 1 aliphatic carbocycles. The second kappa shape index (κ2) is 6.74. The van der Waals surface area contributed by atoms with Crippen molar-refractivity contribution in [3.8, 4) is 0 Å². The number of rotatable bonds is 4. The van der Waals surface area contributed by atoms with Crippen LogP contribution in [0.15, 0.2) is 24.5 Å². The average molecular weight is 354 g/mol. The molecule has 2 aliphatic rings. The first kappa shape index (κ1) is 17.1. The molecule has 1 aromatic carbocycles. The first-order valence-electron chi connectivity index (χ1n) is 9.55. The lowest BCUT2D eigenvalue weighted by atomic mass is 10.1. The summed E-state index contributed by atoms with van der Waals surface area (Å²) in [6.07, 6.45) is 4.32. The minimum Gasteiger partial charge on any atom is -0.339 e. The lowest BCUT2D eigenvalue weighted by Crippen LogP contribution is -2.51. The summed E-state index contributed by atoms with van der Waals surface area (Å²) in [5.41, 5.74) is 3.03. The van der Waals surface area contributed by atoms with Gasteiger partial charge in [0.1, 0.15) is 0 Å². The Morgan fingerprint density at radius 3 is 2.46 bits per heavy atom. The van der Waals surface area contributed by atoms with Gasteiger partial charge in [0.05, 0.1) is 23.8 Å². The molecule has 0 atom stereocenters. The summed E-state index contributed by atoms with van der Waals surface area (Å²) >= 11 is 0. The SMILES string of the molecule is CC(C)n1cnc2cc(CC(=O)N3CCN(C(=O)C4CC4)CC3)ccc21. The number of carbonyl (C=O) groups is 2. The monoisotopic (exact) mass is 354 g/mol. The Kier molecular flexibility index (Phi) is 4.42. The highest BCUT2D eigenvalue weighted by Crippen LogP contribution is 2.31. The molecule has 2 fully saturated rings. The molecule has 1 saturated carbocycles. The first-order chi connectivity index (χ1) is 12.5. The second-order valence-electron chi connectivity index (χ2n) is 7.73. The van der Waals surface area contributed by atoms with Gasteiger partial charge in [-0.3, -0.25) is 9.59 Å². The van der Waals surface area contributed by atoms with Crippen LogP contribution in [0.4, 0.5) is 0 Å². The number of nitrogens with zero attached hydrogens (tertiary/aromatic N) is 4. The van der Waals surface area contributed by atoms with E-state index in [1.807, 2.05) is 28.3 Å². The number of amides is 2. The second-order valence-corrected chi connectivity index (χ2v) is 7.73. The zero-order chi connectivity index (χ0) is 18.3. The molecule has 4 rings (SSSR count). The van der Waals surface area contributed by atoms with E-state index in [4.69, 9.17) is 0 Å². The Morgan fingerprint density at radius 1 is 1.12 bits per heavy atom. The fourth-order valence-corrected chi connectivity index (χ4v) is 3.65. The standard InChI is InChI=1S/C20H26N4O2/c1-14(2)24-13-21-17-11-15(3-6-18(17)24)12-19(25)22-7-9-23(10-8-22)20(26)16-4-5-16/h3,6,11,13-14,16H,4-5,7-10,12H2,1-2H3. The molecule has 2 aromatic rings. The van der Waals surface area contributed by atoms with Crippen LogP contribution < -0.4 is 0 Å². The number of piperazine rings is 1. The van der Waals surface area contributed by atoms with Crippen molar-refractivity contribution in [2.45, 2.75) is 39.2 Å². The van der Waals surface area contributed by atoms with Gasteiger partial charge in [0.2, 0.25) is 11.8 Å². The Hall–Kier alpha value is -2.37. The number of aromatic nitrogens is 2. The topological polar surface area (TPSA) is 58.4 Å². The van der Waals surface area contributed by atoms with E-state index in [0.29, 0.717) is 38.6 Å². The predicted octanol–water partition coefficient (Wildman–Crippen LogP) is 2.24. The normalized spacial score (nSPS) is 18.0. The van der Waals surface area contributed by atoms with Gasteiger partial charge in [-0.25, -0.2) is 4.98 Å². The van der Waals surface area contributed by atoms with Crippen molar-refractivity contribution in [1.82, 2.24) is 19.4 Å². The molecule has 0 N–H and O–H groups in total. The summed E-state index contributed by atoms with van der Waals surface area (Å²) in [5.74, 6) is 0.670. The fraction of sp³-hybridized carbons (Fsp3) is 0.550. The summed E-state index contributed by atoms with van der Waals surface area (Å²) < 4.78 is 2.14. The molecule has 0 bridgehead atoms. The molecular formula is C20H26N4O2. The summed E-state index contributed by atoms with van der Waals surface area (Å²) in [4.78, 5) is 33.0. The molecule has 1 aliphatic heterocycles. The van der Waals surface area contributed by atoms with E-state index in [9.17, 15) is 9.59 Å². The van der Waals surface area contributed by atoms with Gasteiger partial charge in [0.15, 0.2) is 0 Å². The van der Waals surface area contributed by atoms with Gasteiger partial charge in [0.25, 0.3) is 0 Å². The van der Waals surface area contributed by atoms with Crippen LogP contribution in [-0.4, -0.2) is 57.3 Å². The van der Waals surface area contributed by atoms with E-state index in [0.717, 1.165) is 29.4 Å². The maximum Gasteiger partial charge on any atom is 0.227 e. The van der Waals surface area contributed by atoms with Crippen LogP contribution in [0.2, 0.25) is 0 Å². The van der Waals surface area contributed by atoms with Gasteiger partial charge in [-0.15, -0.1) is 0 Å². The molecule has 6 nitrogen and oxygen atoms in total. The van der Waals surface area contributed by atoms with Crippen molar-refractivity contribution in [2.24, 2.45) is 5.92 Å². The van der Waals surface area contributed by atoms with E-state index in [1.165, 1.54) is 0 Å². The van der Waals surface area contributed by atoms with Gasteiger partial charge < -0.3 is 14.4 Å². The lowest BCUT2D eigenvalue weighted by Gasteiger charge is -2.35. The largest absolute Gasteiger partial charge is 0.339 e. The van der Waals surface area contributed by atoms with Crippen LogP contribution in [0.3, 0.4) is 0 Å². The van der Waals surface area contributed by atoms with Crippen molar-refractivity contribution >= 4 is 22.8 Å². The molecule has 1 saturated heterocycles. The summed E-state index contributed by atoms with van der Waals surface area (Å²) in [5, 5.41) is 0. The van der Waals surface area contributed by atoms with E-state index in [-0.39, 0.29) is 17.7 Å². The van der Waals surface area contributed by atoms with Crippen LogP contribution >= 0.6 is 0 Å². The van der Waals surface area contributed by atoms with E-state index >= 15 is 0 Å². The van der Waals surface area contributed by atoms with E-state index < -0.39 is 0 Å². The Labute approximate surface area is 153 Å². The Balaban J connectivity index is 1.37. The minimum absolute atomic E-state index is 0.131. The first-order valence-corrected chi connectivity index (χ1v) is 9.55. The average Bonchev–Trinajstić information content (AvgIpc) is 3.40. The highest BCUT2D eigenvalue weighted by atomic mass is 16.2. The molecule has 26 heavy (non-hydrogen) atoms. The minimum atomic E-state index is 0.131. The third kappa shape index (κ3) is 3.32. The van der Waals surface area contributed by atoms with Crippen LogP contribution in [-0.2, 0) is 16.0 Å². The maximum atomic E-state index is 12.6. The van der Waals surface area contributed by atoms with Gasteiger partial charge in [-0.05, 0) is 44.4 Å². The zero-order valence-corrected chi connectivity index (χ0v) is 15.5. The van der Waals surface area contributed by atoms with Crippen molar-refractivity contribution in [1.29, 1.82) is 0 Å². The molecule has 1 aromatic heterocycles. The highest BCUT2D eigenvalue weighted by Gasteiger charge is 2.35. The van der Waals surface area contributed by atoms with Crippen LogP contribution in [0.1, 0.15) is 38.3 Å². The predicted molar refractivity (Wildman–Crippen MR) is 99.7 cm³/mol. The van der Waals surface area contributed by atoms with E-state index in [2.05, 4.69) is 29.5 Å². The fourth-order valence-electron chi connectivity index (χ4n) is 3.65. The van der Waals surface area contributed by atoms with Crippen molar-refractivity contribution in [2.75, 3.05) is 26.2 Å². The number of hydrogen-bond acceptors (Lipinski definition) is 3. The molecule has 2 amide bonds. The molecule has 0 spiro atoms. The van der Waals surface area contributed by atoms with Gasteiger partial charge in [-0.1, -0.05) is 6.07 Å². The van der Waals surface area contributed by atoms with Gasteiger partial charge in [-0.2, -0.15) is 0 Å². The van der Waals surface area contributed by atoms with Crippen LogP contribution in [0.5, 0.6) is 0 Å². The molecule has 0 radical (unpaired) electrons. The molecule has 138 valence electrons. The number of benzene rings is 1. The quantitative estimate of drug-likeness (QED) is 0.846. The third-order valence-corrected chi connectivity index (χ3v) is 5.42. The third-order valence-electron chi connectivity index (χ3n) is 5.42. The van der Waals surface area contributed by atoms with E-state index in [1.54, 1.807) is 0 Å². The van der Waals surface area contributed by atoms with Gasteiger partial charge >= 0.3 is 0 Å². The van der Waals surface area contributed by atoms with Crippen LogP contribution in [0, 0.1) is 5.92 Å². The molecule has 6 heteroatoms. The number of hydrogen-bond donors (Lipinski definition) is 0. The number of imidazole rings is 1. The molecular weight excluding hydrogens is 328 g/mol. The van der Waals surface area contributed by atoms with Crippen molar-refractivity contribution in [3.63, 3.8) is 0 Å². The Bertz CT molecular complexity index is 829. The van der Waals surface area contributed by atoms with Crippen molar-refractivity contribution in [3.05, 3.63) is 30.1 Å². The van der Waals surface area contributed by atoms with Crippen LogP contribution in [0.25, 0.3) is 11.0 Å². The summed E-state index contributed by atoms with van der Waals surface area (Å²) in [7, 11) is 0. The lowest BCUT2D eigenvalue weighted by molar-refractivity contribution is -0.140. The maximum absolute atomic E-state index is 12.6.